The van der Waals surface area contributed by atoms with Gasteiger partial charge in [-0.15, -0.1) is 0 Å². The van der Waals surface area contributed by atoms with E-state index in [1.165, 1.54) is 16.6 Å². The molecule has 1 aromatic carbocycles. The Morgan fingerprint density at radius 3 is 3.18 bits per heavy atom. The van der Waals surface area contributed by atoms with E-state index in [4.69, 9.17) is 5.53 Å². The van der Waals surface area contributed by atoms with Crippen LogP contribution >= 0.6 is 0 Å². The maximum absolute atomic E-state index is 8.36. The fraction of sp³-hybridized carbons (Fsp3) is 0.385. The third-order valence-corrected chi connectivity index (χ3v) is 3.56. The molecule has 2 aromatic rings. The summed E-state index contributed by atoms with van der Waals surface area (Å²) in [6, 6.07) is 10.8. The van der Waals surface area contributed by atoms with Crippen LogP contribution in [0.3, 0.4) is 0 Å². The fourth-order valence-electron chi connectivity index (χ4n) is 2.72. The van der Waals surface area contributed by atoms with E-state index in [1.54, 1.807) is 0 Å². The minimum absolute atomic E-state index is 0.503. The van der Waals surface area contributed by atoms with Crippen molar-refractivity contribution in [1.29, 1.82) is 0 Å². The molecular weight excluding hydrogens is 212 g/mol. The summed E-state index contributed by atoms with van der Waals surface area (Å²) in [5, 5.41) is 5.01. The number of hydrogen-bond donors (Lipinski definition) is 0. The van der Waals surface area contributed by atoms with Crippen molar-refractivity contribution in [3.8, 4) is 0 Å². The highest BCUT2D eigenvalue weighted by Gasteiger charge is 2.19. The van der Waals surface area contributed by atoms with Crippen LogP contribution in [0.1, 0.15) is 12.1 Å². The van der Waals surface area contributed by atoms with Gasteiger partial charge in [0.25, 0.3) is 0 Å². The maximum atomic E-state index is 8.36. The molecule has 0 amide bonds. The van der Waals surface area contributed by atoms with Crippen molar-refractivity contribution >= 4 is 10.9 Å². The van der Waals surface area contributed by atoms with Gasteiger partial charge in [0.1, 0.15) is 0 Å². The van der Waals surface area contributed by atoms with Gasteiger partial charge in [-0.3, -0.25) is 0 Å². The molecule has 0 N–H and O–H groups in total. The maximum Gasteiger partial charge on any atom is 0.0482 e. The molecule has 0 bridgehead atoms. The third kappa shape index (κ3) is 1.77. The minimum atomic E-state index is 0.503. The highest BCUT2D eigenvalue weighted by Crippen LogP contribution is 2.28. The molecular formula is C13H14N4. The van der Waals surface area contributed by atoms with Crippen LogP contribution in [0.15, 0.2) is 35.4 Å². The van der Waals surface area contributed by atoms with Gasteiger partial charge >= 0.3 is 0 Å². The standard InChI is InChI=1S/C13H14N4/c14-16-15-9-10-5-6-17-12(7-10)8-11-3-1-2-4-13(11)17/h1-4,8,10H,5-7,9H2. The van der Waals surface area contributed by atoms with E-state index in [-0.39, 0.29) is 0 Å². The number of fused-ring (bicyclic) bond motifs is 3. The zero-order valence-electron chi connectivity index (χ0n) is 9.58. The second-order valence-electron chi connectivity index (χ2n) is 4.62. The third-order valence-electron chi connectivity index (χ3n) is 3.56. The topological polar surface area (TPSA) is 53.7 Å². The molecule has 17 heavy (non-hydrogen) atoms. The minimum Gasteiger partial charge on any atom is -0.345 e. The van der Waals surface area contributed by atoms with E-state index in [0.29, 0.717) is 12.5 Å². The molecule has 3 rings (SSSR count). The van der Waals surface area contributed by atoms with E-state index in [0.717, 1.165) is 19.4 Å². The molecule has 0 fully saturated rings. The summed E-state index contributed by atoms with van der Waals surface area (Å²) in [6.45, 7) is 1.66. The highest BCUT2D eigenvalue weighted by molar-refractivity contribution is 5.81. The molecule has 0 aliphatic carbocycles. The molecule has 0 radical (unpaired) electrons. The Kier molecular flexibility index (Phi) is 2.50. The molecule has 86 valence electrons. The molecule has 1 aliphatic heterocycles. The van der Waals surface area contributed by atoms with Gasteiger partial charge in [-0.2, -0.15) is 0 Å². The SMILES string of the molecule is [N-]=[N+]=NCC1CCn2c(cc3ccccc32)C1. The molecule has 1 unspecified atom stereocenters. The van der Waals surface area contributed by atoms with Crippen LogP contribution in [-0.2, 0) is 13.0 Å². The van der Waals surface area contributed by atoms with Crippen LogP contribution in [0, 0.1) is 5.92 Å². The van der Waals surface area contributed by atoms with Gasteiger partial charge in [0.2, 0.25) is 0 Å². The summed E-state index contributed by atoms with van der Waals surface area (Å²) >= 11 is 0. The summed E-state index contributed by atoms with van der Waals surface area (Å²) in [5.74, 6) is 0.503. The monoisotopic (exact) mass is 226 g/mol. The normalized spacial score (nSPS) is 18.7. The summed E-state index contributed by atoms with van der Waals surface area (Å²) in [6.07, 6.45) is 2.12. The van der Waals surface area contributed by atoms with Gasteiger partial charge in [0, 0.05) is 29.2 Å². The Hall–Kier alpha value is -1.93. The predicted molar refractivity (Wildman–Crippen MR) is 67.8 cm³/mol. The zero-order valence-corrected chi connectivity index (χ0v) is 9.58. The lowest BCUT2D eigenvalue weighted by atomic mass is 9.96. The summed E-state index contributed by atoms with van der Waals surface area (Å²) in [7, 11) is 0. The van der Waals surface area contributed by atoms with Gasteiger partial charge in [0.15, 0.2) is 0 Å². The number of aryl methyl sites for hydroxylation is 1. The first kappa shape index (κ1) is 10.2. The first-order valence-electron chi connectivity index (χ1n) is 5.96. The van der Waals surface area contributed by atoms with Crippen LogP contribution in [0.4, 0.5) is 0 Å². The first-order valence-corrected chi connectivity index (χ1v) is 5.96. The van der Waals surface area contributed by atoms with Crippen LogP contribution in [-0.4, -0.2) is 11.1 Å². The van der Waals surface area contributed by atoms with Crippen molar-refractivity contribution in [2.45, 2.75) is 19.4 Å². The Labute approximate surface area is 99.5 Å². The summed E-state index contributed by atoms with van der Waals surface area (Å²) in [4.78, 5) is 2.85. The quantitative estimate of drug-likeness (QED) is 0.427. The second-order valence-corrected chi connectivity index (χ2v) is 4.62. The van der Waals surface area contributed by atoms with Crippen molar-refractivity contribution in [3.63, 3.8) is 0 Å². The van der Waals surface area contributed by atoms with Crippen LogP contribution in [0.5, 0.6) is 0 Å². The lowest BCUT2D eigenvalue weighted by Crippen LogP contribution is -2.20. The first-order chi connectivity index (χ1) is 8.38. The molecule has 0 spiro atoms. The molecule has 0 saturated heterocycles. The van der Waals surface area contributed by atoms with E-state index < -0.39 is 0 Å². The fourth-order valence-corrected chi connectivity index (χ4v) is 2.72. The van der Waals surface area contributed by atoms with Gasteiger partial charge in [-0.25, -0.2) is 0 Å². The van der Waals surface area contributed by atoms with Crippen molar-refractivity contribution in [3.05, 3.63) is 46.5 Å². The average Bonchev–Trinajstić information content (AvgIpc) is 2.74. The number of rotatable bonds is 2. The lowest BCUT2D eigenvalue weighted by molar-refractivity contribution is 0.402. The number of hydrogen-bond acceptors (Lipinski definition) is 1. The van der Waals surface area contributed by atoms with Crippen molar-refractivity contribution in [2.75, 3.05) is 6.54 Å². The Balaban J connectivity index is 1.95. The van der Waals surface area contributed by atoms with Gasteiger partial charge in [-0.1, -0.05) is 23.3 Å². The van der Waals surface area contributed by atoms with Crippen LogP contribution in [0.25, 0.3) is 21.3 Å². The number of azide groups is 1. The molecule has 0 saturated carbocycles. The summed E-state index contributed by atoms with van der Waals surface area (Å²) in [5.41, 5.74) is 11.1. The molecule has 1 aliphatic rings. The average molecular weight is 226 g/mol. The molecule has 1 aromatic heterocycles. The number of benzene rings is 1. The highest BCUT2D eigenvalue weighted by atomic mass is 15.1. The van der Waals surface area contributed by atoms with E-state index in [1.807, 2.05) is 0 Å². The van der Waals surface area contributed by atoms with Crippen molar-refractivity contribution in [1.82, 2.24) is 4.57 Å². The van der Waals surface area contributed by atoms with E-state index in [2.05, 4.69) is 44.9 Å². The molecule has 2 heterocycles. The van der Waals surface area contributed by atoms with Gasteiger partial charge in [0.05, 0.1) is 0 Å². The molecule has 4 nitrogen and oxygen atoms in total. The smallest absolute Gasteiger partial charge is 0.0482 e. The number of para-hydroxylation sites is 1. The zero-order chi connectivity index (χ0) is 11.7. The Morgan fingerprint density at radius 2 is 2.29 bits per heavy atom. The van der Waals surface area contributed by atoms with Gasteiger partial charge in [-0.05, 0) is 41.8 Å². The van der Waals surface area contributed by atoms with Crippen LogP contribution in [0.2, 0.25) is 0 Å². The largest absolute Gasteiger partial charge is 0.345 e. The molecule has 1 atom stereocenters. The number of aromatic nitrogens is 1. The van der Waals surface area contributed by atoms with Crippen LogP contribution < -0.4 is 0 Å². The Morgan fingerprint density at radius 1 is 1.41 bits per heavy atom. The molecule has 4 heteroatoms. The van der Waals surface area contributed by atoms with E-state index in [9.17, 15) is 0 Å². The van der Waals surface area contributed by atoms with E-state index >= 15 is 0 Å². The van der Waals surface area contributed by atoms with Gasteiger partial charge < -0.3 is 4.57 Å². The summed E-state index contributed by atoms with van der Waals surface area (Å²) < 4.78 is 2.39. The van der Waals surface area contributed by atoms with Crippen molar-refractivity contribution < 1.29 is 0 Å². The number of nitrogens with zero attached hydrogens (tertiary/aromatic N) is 4. The van der Waals surface area contributed by atoms with Crippen molar-refractivity contribution in [2.24, 2.45) is 11.0 Å². The predicted octanol–water partition coefficient (Wildman–Crippen LogP) is 3.51. The lowest BCUT2D eigenvalue weighted by Gasteiger charge is -2.23. The Bertz CT molecular complexity index is 592. The second kappa shape index (κ2) is 4.15.